The summed E-state index contributed by atoms with van der Waals surface area (Å²) in [7, 11) is 1.50. The van der Waals surface area contributed by atoms with Crippen molar-refractivity contribution >= 4 is 0 Å². The van der Waals surface area contributed by atoms with Gasteiger partial charge in [-0.15, -0.1) is 5.10 Å². The van der Waals surface area contributed by atoms with Gasteiger partial charge in [0, 0.05) is 18.2 Å². The first-order valence-electron chi connectivity index (χ1n) is 4.01. The molecule has 0 saturated carbocycles. The Bertz CT molecular complexity index is 332. The van der Waals surface area contributed by atoms with Crippen molar-refractivity contribution in [1.29, 1.82) is 0 Å². The first-order valence-corrected chi connectivity index (χ1v) is 4.01. The molecule has 0 saturated heterocycles. The molecule has 1 aromatic heterocycles. The summed E-state index contributed by atoms with van der Waals surface area (Å²) in [6.45, 7) is 2.21. The molecule has 5 nitrogen and oxygen atoms in total. The van der Waals surface area contributed by atoms with Gasteiger partial charge >= 0.3 is 0 Å². The molecule has 2 N–H and O–H groups in total. The number of nitrogens with zero attached hydrogens (tertiary/aromatic N) is 2. The average Bonchev–Trinajstić information content (AvgIpc) is 2.08. The van der Waals surface area contributed by atoms with Gasteiger partial charge in [-0.05, 0) is 6.92 Å². The van der Waals surface area contributed by atoms with Crippen molar-refractivity contribution in [3.63, 3.8) is 0 Å². The summed E-state index contributed by atoms with van der Waals surface area (Å²) < 4.78 is 6.17. The Hall–Kier alpha value is -1.36. The molecule has 0 amide bonds. The van der Waals surface area contributed by atoms with Crippen LogP contribution in [0.3, 0.4) is 0 Å². The van der Waals surface area contributed by atoms with Crippen LogP contribution in [0.25, 0.3) is 0 Å². The molecule has 0 unspecified atom stereocenters. The molecular weight excluding hydrogens is 170 g/mol. The van der Waals surface area contributed by atoms with E-state index in [1.54, 1.807) is 0 Å². The highest BCUT2D eigenvalue weighted by molar-refractivity contribution is 5.05. The molecule has 1 aromatic rings. The third-order valence-electron chi connectivity index (χ3n) is 1.51. The minimum atomic E-state index is -0.168. The van der Waals surface area contributed by atoms with Crippen LogP contribution in [0, 0.1) is 0 Å². The van der Waals surface area contributed by atoms with Crippen molar-refractivity contribution in [3.8, 4) is 5.88 Å². The summed E-state index contributed by atoms with van der Waals surface area (Å²) in [5.74, 6) is 0.417. The van der Waals surface area contributed by atoms with Gasteiger partial charge in [-0.2, -0.15) is 0 Å². The molecule has 0 spiro atoms. The maximum Gasteiger partial charge on any atom is 0.267 e. The Balaban J connectivity index is 2.97. The van der Waals surface area contributed by atoms with Gasteiger partial charge in [0.2, 0.25) is 5.88 Å². The number of hydrogen-bond acceptors (Lipinski definition) is 4. The van der Waals surface area contributed by atoms with Crippen LogP contribution in [0.15, 0.2) is 16.9 Å². The molecule has 0 fully saturated rings. The van der Waals surface area contributed by atoms with E-state index in [4.69, 9.17) is 10.5 Å². The van der Waals surface area contributed by atoms with Crippen LogP contribution in [0.4, 0.5) is 0 Å². The second kappa shape index (κ2) is 4.04. The number of hydrogen-bond donors (Lipinski definition) is 1. The van der Waals surface area contributed by atoms with Gasteiger partial charge in [0.15, 0.2) is 0 Å². The second-order valence-electron chi connectivity index (χ2n) is 2.87. The van der Waals surface area contributed by atoms with Crippen LogP contribution in [0.5, 0.6) is 5.88 Å². The molecule has 1 atom stereocenters. The van der Waals surface area contributed by atoms with E-state index in [1.807, 2.05) is 6.92 Å². The highest BCUT2D eigenvalue weighted by Gasteiger charge is 2.02. The molecule has 0 aromatic carbocycles. The van der Waals surface area contributed by atoms with Gasteiger partial charge < -0.3 is 10.5 Å². The van der Waals surface area contributed by atoms with Crippen molar-refractivity contribution in [3.05, 3.63) is 22.5 Å². The lowest BCUT2D eigenvalue weighted by Gasteiger charge is -2.07. The van der Waals surface area contributed by atoms with Gasteiger partial charge in [-0.1, -0.05) is 0 Å². The van der Waals surface area contributed by atoms with E-state index in [1.165, 1.54) is 23.9 Å². The maximum absolute atomic E-state index is 11.2. The Kier molecular flexibility index (Phi) is 3.02. The standard InChI is InChI=1S/C8H13N3O2/c1-6(9)5-11-8(12)4-3-7(10-11)13-2/h3-4,6H,5,9H2,1-2H3/t6-/m1/s1. The monoisotopic (exact) mass is 183 g/mol. The largest absolute Gasteiger partial charge is 0.480 e. The fourth-order valence-electron chi connectivity index (χ4n) is 0.943. The molecule has 72 valence electrons. The Morgan fingerprint density at radius 1 is 1.69 bits per heavy atom. The van der Waals surface area contributed by atoms with E-state index in [0.29, 0.717) is 12.4 Å². The van der Waals surface area contributed by atoms with Crippen LogP contribution in [0.1, 0.15) is 6.92 Å². The zero-order valence-electron chi connectivity index (χ0n) is 7.73. The number of nitrogens with two attached hydrogens (primary N) is 1. The maximum atomic E-state index is 11.2. The topological polar surface area (TPSA) is 70.1 Å². The lowest BCUT2D eigenvalue weighted by Crippen LogP contribution is -2.31. The average molecular weight is 183 g/mol. The number of ether oxygens (including phenoxy) is 1. The van der Waals surface area contributed by atoms with Crippen molar-refractivity contribution in [2.45, 2.75) is 19.5 Å². The van der Waals surface area contributed by atoms with E-state index >= 15 is 0 Å². The predicted molar refractivity (Wildman–Crippen MR) is 48.7 cm³/mol. The second-order valence-corrected chi connectivity index (χ2v) is 2.87. The van der Waals surface area contributed by atoms with Crippen LogP contribution in [0.2, 0.25) is 0 Å². The summed E-state index contributed by atoms with van der Waals surface area (Å²) in [5.41, 5.74) is 5.38. The van der Waals surface area contributed by atoms with Gasteiger partial charge in [0.25, 0.3) is 5.56 Å². The summed E-state index contributed by atoms with van der Waals surface area (Å²) >= 11 is 0. The summed E-state index contributed by atoms with van der Waals surface area (Å²) in [4.78, 5) is 11.2. The van der Waals surface area contributed by atoms with E-state index in [-0.39, 0.29) is 11.6 Å². The van der Waals surface area contributed by atoms with Gasteiger partial charge in [0.05, 0.1) is 13.7 Å². The number of aromatic nitrogens is 2. The SMILES string of the molecule is COc1ccc(=O)n(C[C@@H](C)N)n1. The van der Waals surface area contributed by atoms with Crippen LogP contribution in [-0.4, -0.2) is 22.9 Å². The molecule has 0 bridgehead atoms. The highest BCUT2D eigenvalue weighted by Crippen LogP contribution is 1.99. The molecule has 5 heteroatoms. The molecule has 1 heterocycles. The number of methoxy groups -OCH3 is 1. The molecule has 1 rings (SSSR count). The van der Waals surface area contributed by atoms with Gasteiger partial charge in [0.1, 0.15) is 0 Å². The summed E-state index contributed by atoms with van der Waals surface area (Å²) in [6.07, 6.45) is 0. The fourth-order valence-corrected chi connectivity index (χ4v) is 0.943. The quantitative estimate of drug-likeness (QED) is 0.692. The van der Waals surface area contributed by atoms with Crippen molar-refractivity contribution in [1.82, 2.24) is 9.78 Å². The lowest BCUT2D eigenvalue weighted by molar-refractivity contribution is 0.371. The van der Waals surface area contributed by atoms with Crippen LogP contribution >= 0.6 is 0 Å². The minimum Gasteiger partial charge on any atom is -0.480 e. The molecule has 0 aliphatic carbocycles. The molecule has 13 heavy (non-hydrogen) atoms. The number of rotatable bonds is 3. The zero-order valence-corrected chi connectivity index (χ0v) is 7.73. The van der Waals surface area contributed by atoms with Gasteiger partial charge in [-0.3, -0.25) is 4.79 Å². The Morgan fingerprint density at radius 3 is 2.92 bits per heavy atom. The van der Waals surface area contributed by atoms with Crippen LogP contribution < -0.4 is 16.0 Å². The molecular formula is C8H13N3O2. The van der Waals surface area contributed by atoms with Crippen molar-refractivity contribution < 1.29 is 4.74 Å². The van der Waals surface area contributed by atoms with Crippen molar-refractivity contribution in [2.24, 2.45) is 5.73 Å². The van der Waals surface area contributed by atoms with Crippen molar-refractivity contribution in [2.75, 3.05) is 7.11 Å². The fraction of sp³-hybridized carbons (Fsp3) is 0.500. The van der Waals surface area contributed by atoms with E-state index < -0.39 is 0 Å². The lowest BCUT2D eigenvalue weighted by atomic mass is 10.4. The van der Waals surface area contributed by atoms with E-state index in [0.717, 1.165) is 0 Å². The molecule has 0 aliphatic rings. The molecule has 0 aliphatic heterocycles. The smallest absolute Gasteiger partial charge is 0.267 e. The third kappa shape index (κ3) is 2.55. The summed E-state index contributed by atoms with van der Waals surface area (Å²) in [5, 5.41) is 3.93. The van der Waals surface area contributed by atoms with E-state index in [9.17, 15) is 4.79 Å². The highest BCUT2D eigenvalue weighted by atomic mass is 16.5. The Labute approximate surface area is 76.1 Å². The Morgan fingerprint density at radius 2 is 2.38 bits per heavy atom. The molecule has 0 radical (unpaired) electrons. The third-order valence-corrected chi connectivity index (χ3v) is 1.51. The normalized spacial score (nSPS) is 12.5. The van der Waals surface area contributed by atoms with E-state index in [2.05, 4.69) is 5.10 Å². The zero-order chi connectivity index (χ0) is 9.84. The minimum absolute atomic E-state index is 0.0997. The predicted octanol–water partition coefficient (Wildman–Crippen LogP) is -0.401. The van der Waals surface area contributed by atoms with Crippen LogP contribution in [-0.2, 0) is 6.54 Å². The van der Waals surface area contributed by atoms with Gasteiger partial charge in [-0.25, -0.2) is 4.68 Å². The first kappa shape index (κ1) is 9.73. The first-order chi connectivity index (χ1) is 6.13. The summed E-state index contributed by atoms with van der Waals surface area (Å²) in [6, 6.07) is 2.84.